The lowest BCUT2D eigenvalue weighted by Crippen LogP contribution is -2.40. The number of rotatable bonds is 9. The molecule has 0 saturated heterocycles. The van der Waals surface area contributed by atoms with Crippen LogP contribution < -0.4 is 5.32 Å². The van der Waals surface area contributed by atoms with Crippen LogP contribution in [0.15, 0.2) is 42.5 Å². The second-order valence-electron chi connectivity index (χ2n) is 7.72. The SMILES string of the molecule is CCC(=O)CCC(C(C)=O)N1Cc2cc(CC(=O)Nc3cccc(F)c3)ccc2C1=O. The molecule has 1 aliphatic rings. The molecule has 0 aliphatic carbocycles. The summed E-state index contributed by atoms with van der Waals surface area (Å²) in [5.41, 5.74) is 2.33. The number of fused-ring (bicyclic) bond motifs is 1. The first-order valence-corrected chi connectivity index (χ1v) is 10.3. The van der Waals surface area contributed by atoms with Gasteiger partial charge < -0.3 is 10.2 Å². The van der Waals surface area contributed by atoms with E-state index >= 15 is 0 Å². The van der Waals surface area contributed by atoms with Gasteiger partial charge >= 0.3 is 0 Å². The molecular weight excluding hydrogens is 399 g/mol. The molecule has 0 bridgehead atoms. The molecule has 2 aromatic carbocycles. The van der Waals surface area contributed by atoms with E-state index in [1.165, 1.54) is 30.0 Å². The lowest BCUT2D eigenvalue weighted by atomic mass is 10.0. The van der Waals surface area contributed by atoms with Gasteiger partial charge in [-0.1, -0.05) is 25.1 Å². The van der Waals surface area contributed by atoms with Crippen LogP contribution in [0.1, 0.15) is 54.6 Å². The third-order valence-electron chi connectivity index (χ3n) is 5.41. The Kier molecular flexibility index (Phi) is 6.95. The van der Waals surface area contributed by atoms with Crippen LogP contribution in [-0.4, -0.2) is 34.3 Å². The van der Waals surface area contributed by atoms with Crippen LogP contribution in [0.4, 0.5) is 10.1 Å². The summed E-state index contributed by atoms with van der Waals surface area (Å²) in [6.45, 7) is 3.46. The van der Waals surface area contributed by atoms with Gasteiger partial charge in [0.15, 0.2) is 5.78 Å². The van der Waals surface area contributed by atoms with Gasteiger partial charge in [0.25, 0.3) is 5.91 Å². The molecular formula is C24H25FN2O4. The van der Waals surface area contributed by atoms with Crippen LogP contribution >= 0.6 is 0 Å². The minimum Gasteiger partial charge on any atom is -0.326 e. The number of nitrogens with zero attached hydrogens (tertiary/aromatic N) is 1. The fourth-order valence-electron chi connectivity index (χ4n) is 3.77. The van der Waals surface area contributed by atoms with Crippen LogP contribution in [0.25, 0.3) is 0 Å². The Morgan fingerprint density at radius 1 is 1.16 bits per heavy atom. The maximum absolute atomic E-state index is 13.3. The zero-order valence-electron chi connectivity index (χ0n) is 17.6. The molecule has 1 atom stereocenters. The van der Waals surface area contributed by atoms with Gasteiger partial charge in [0.05, 0.1) is 12.5 Å². The number of benzene rings is 2. The van der Waals surface area contributed by atoms with Crippen molar-refractivity contribution >= 4 is 29.1 Å². The molecule has 162 valence electrons. The number of amides is 2. The van der Waals surface area contributed by atoms with Crippen LogP contribution in [0.5, 0.6) is 0 Å². The van der Waals surface area contributed by atoms with Gasteiger partial charge in [0.2, 0.25) is 5.91 Å². The Hall–Kier alpha value is -3.35. The fraction of sp³-hybridized carbons (Fsp3) is 0.333. The Morgan fingerprint density at radius 2 is 1.94 bits per heavy atom. The number of nitrogens with one attached hydrogen (secondary N) is 1. The van der Waals surface area contributed by atoms with Crippen molar-refractivity contribution in [2.24, 2.45) is 0 Å². The minimum absolute atomic E-state index is 0.0574. The van der Waals surface area contributed by atoms with Crippen LogP contribution in [0.3, 0.4) is 0 Å². The maximum atomic E-state index is 13.3. The number of anilines is 1. The van der Waals surface area contributed by atoms with Crippen molar-refractivity contribution in [2.75, 3.05) is 5.32 Å². The van der Waals surface area contributed by atoms with E-state index in [9.17, 15) is 23.6 Å². The molecule has 2 aromatic rings. The molecule has 0 saturated carbocycles. The van der Waals surface area contributed by atoms with Gasteiger partial charge in [0, 0.05) is 30.6 Å². The number of hydrogen-bond donors (Lipinski definition) is 1. The van der Waals surface area contributed by atoms with E-state index < -0.39 is 11.9 Å². The van der Waals surface area contributed by atoms with E-state index in [-0.39, 0.29) is 42.8 Å². The van der Waals surface area contributed by atoms with Crippen molar-refractivity contribution in [3.05, 3.63) is 65.0 Å². The van der Waals surface area contributed by atoms with Crippen molar-refractivity contribution in [1.29, 1.82) is 0 Å². The number of Topliss-reactive ketones (excluding diaryl/α,β-unsaturated/α-hetero) is 2. The molecule has 6 nitrogen and oxygen atoms in total. The Labute approximate surface area is 180 Å². The molecule has 3 rings (SSSR count). The summed E-state index contributed by atoms with van der Waals surface area (Å²) in [6, 6.07) is 10.2. The first kappa shape index (κ1) is 22.3. The maximum Gasteiger partial charge on any atom is 0.255 e. The molecule has 1 unspecified atom stereocenters. The Bertz CT molecular complexity index is 1030. The minimum atomic E-state index is -0.643. The average Bonchev–Trinajstić information content (AvgIpc) is 3.03. The van der Waals surface area contributed by atoms with Gasteiger partial charge in [-0.25, -0.2) is 4.39 Å². The van der Waals surface area contributed by atoms with E-state index in [1.54, 1.807) is 31.2 Å². The highest BCUT2D eigenvalue weighted by Crippen LogP contribution is 2.28. The number of hydrogen-bond acceptors (Lipinski definition) is 4. The normalized spacial score (nSPS) is 13.6. The van der Waals surface area contributed by atoms with Crippen LogP contribution in [0, 0.1) is 5.82 Å². The molecule has 0 radical (unpaired) electrons. The molecule has 31 heavy (non-hydrogen) atoms. The monoisotopic (exact) mass is 424 g/mol. The average molecular weight is 424 g/mol. The largest absolute Gasteiger partial charge is 0.326 e. The van der Waals surface area contributed by atoms with E-state index in [1.807, 2.05) is 0 Å². The third kappa shape index (κ3) is 5.42. The van der Waals surface area contributed by atoms with Crippen LogP contribution in [-0.2, 0) is 27.3 Å². The van der Waals surface area contributed by atoms with Crippen molar-refractivity contribution in [2.45, 2.75) is 52.1 Å². The molecule has 2 amide bonds. The third-order valence-corrected chi connectivity index (χ3v) is 5.41. The van der Waals surface area contributed by atoms with Crippen molar-refractivity contribution in [3.63, 3.8) is 0 Å². The molecule has 0 aromatic heterocycles. The molecule has 1 aliphatic heterocycles. The first-order chi connectivity index (χ1) is 14.8. The summed E-state index contributed by atoms with van der Waals surface area (Å²) in [6.07, 6.45) is 1.04. The molecule has 0 spiro atoms. The highest BCUT2D eigenvalue weighted by Gasteiger charge is 2.35. The molecule has 1 N–H and O–H groups in total. The van der Waals surface area contributed by atoms with Gasteiger partial charge in [-0.15, -0.1) is 0 Å². The highest BCUT2D eigenvalue weighted by atomic mass is 19.1. The van der Waals surface area contributed by atoms with E-state index in [2.05, 4.69) is 5.32 Å². The summed E-state index contributed by atoms with van der Waals surface area (Å²) in [5, 5.41) is 2.65. The van der Waals surface area contributed by atoms with Gasteiger partial charge in [-0.3, -0.25) is 19.2 Å². The quantitative estimate of drug-likeness (QED) is 0.666. The predicted molar refractivity (Wildman–Crippen MR) is 114 cm³/mol. The molecule has 7 heteroatoms. The zero-order valence-corrected chi connectivity index (χ0v) is 17.6. The van der Waals surface area contributed by atoms with Gasteiger partial charge in [-0.05, 0) is 48.7 Å². The lowest BCUT2D eigenvalue weighted by molar-refractivity contribution is -0.122. The predicted octanol–water partition coefficient (Wildman–Crippen LogP) is 3.68. The van der Waals surface area contributed by atoms with Crippen molar-refractivity contribution in [3.8, 4) is 0 Å². The second-order valence-corrected chi connectivity index (χ2v) is 7.72. The van der Waals surface area contributed by atoms with Crippen molar-refractivity contribution in [1.82, 2.24) is 4.90 Å². The fourth-order valence-corrected chi connectivity index (χ4v) is 3.77. The number of carbonyl (C=O) groups is 4. The number of carbonyl (C=O) groups excluding carboxylic acids is 4. The summed E-state index contributed by atoms with van der Waals surface area (Å²) in [7, 11) is 0. The lowest BCUT2D eigenvalue weighted by Gasteiger charge is -2.25. The second kappa shape index (κ2) is 9.64. The number of ketones is 2. The van der Waals surface area contributed by atoms with E-state index in [0.717, 1.165) is 5.56 Å². The molecule has 0 fully saturated rings. The zero-order chi connectivity index (χ0) is 22.5. The first-order valence-electron chi connectivity index (χ1n) is 10.3. The van der Waals surface area contributed by atoms with Gasteiger partial charge in [-0.2, -0.15) is 0 Å². The summed E-state index contributed by atoms with van der Waals surface area (Å²) in [4.78, 5) is 50.5. The number of halogens is 1. The van der Waals surface area contributed by atoms with Crippen LogP contribution in [0.2, 0.25) is 0 Å². The summed E-state index contributed by atoms with van der Waals surface area (Å²) < 4.78 is 13.3. The topological polar surface area (TPSA) is 83.6 Å². The summed E-state index contributed by atoms with van der Waals surface area (Å²) in [5.74, 6) is -1.07. The van der Waals surface area contributed by atoms with E-state index in [0.29, 0.717) is 29.7 Å². The highest BCUT2D eigenvalue weighted by molar-refractivity contribution is 6.01. The molecule has 1 heterocycles. The Balaban J connectivity index is 1.69. The Morgan fingerprint density at radius 3 is 2.61 bits per heavy atom. The summed E-state index contributed by atoms with van der Waals surface area (Å²) >= 11 is 0. The van der Waals surface area contributed by atoms with Crippen molar-refractivity contribution < 1.29 is 23.6 Å². The van der Waals surface area contributed by atoms with Gasteiger partial charge in [0.1, 0.15) is 11.6 Å². The standard InChI is InChI=1S/C24H25FN2O4/c1-3-20(29)8-10-22(15(2)28)27-14-17-11-16(7-9-21(17)24(27)31)12-23(30)26-19-6-4-5-18(25)13-19/h4-7,9,11,13,22H,3,8,10,12,14H2,1-2H3,(H,26,30). The van der Waals surface area contributed by atoms with E-state index in [4.69, 9.17) is 0 Å². The smallest absolute Gasteiger partial charge is 0.255 e.